The number of nitriles is 1. The monoisotopic (exact) mass is 435 g/mol. The molecule has 1 aliphatic heterocycles. The van der Waals surface area contributed by atoms with Crippen LogP contribution in [-0.4, -0.2) is 39.4 Å². The standard InChI is InChI=1S/C21H21N7O2S/c1-13-19(21(31-28-13)27-17-10-14(11-22)4-9-24-17)20(29)26-15-2-3-18(25-12-15)30-16-5-7-23-8-6-16/h2-4,9-10,12,16,23H,5-8H2,1H3,(H,24,27)(H,26,29). The van der Waals surface area contributed by atoms with Crippen molar-refractivity contribution in [2.75, 3.05) is 23.7 Å². The summed E-state index contributed by atoms with van der Waals surface area (Å²) in [7, 11) is 0. The highest BCUT2D eigenvalue weighted by Crippen LogP contribution is 2.28. The molecule has 0 aliphatic carbocycles. The van der Waals surface area contributed by atoms with Crippen molar-refractivity contribution in [2.24, 2.45) is 0 Å². The van der Waals surface area contributed by atoms with Gasteiger partial charge in [-0.25, -0.2) is 9.97 Å². The fraction of sp³-hybridized carbons (Fsp3) is 0.286. The van der Waals surface area contributed by atoms with Crippen LogP contribution in [0.15, 0.2) is 36.7 Å². The lowest BCUT2D eigenvalue weighted by molar-refractivity contribution is 0.102. The van der Waals surface area contributed by atoms with E-state index in [-0.39, 0.29) is 12.0 Å². The van der Waals surface area contributed by atoms with Gasteiger partial charge in [0.05, 0.1) is 34.8 Å². The molecule has 3 aromatic heterocycles. The number of hydrogen-bond donors (Lipinski definition) is 3. The zero-order chi connectivity index (χ0) is 21.6. The lowest BCUT2D eigenvalue weighted by Crippen LogP contribution is -2.34. The predicted molar refractivity (Wildman–Crippen MR) is 118 cm³/mol. The van der Waals surface area contributed by atoms with Crippen LogP contribution >= 0.6 is 11.5 Å². The van der Waals surface area contributed by atoms with Gasteiger partial charge < -0.3 is 20.7 Å². The molecule has 0 bridgehead atoms. The van der Waals surface area contributed by atoms with Crippen LogP contribution in [0.1, 0.15) is 34.5 Å². The first-order valence-corrected chi connectivity index (χ1v) is 10.6. The Bertz CT molecular complexity index is 1100. The van der Waals surface area contributed by atoms with E-state index in [0.717, 1.165) is 37.5 Å². The summed E-state index contributed by atoms with van der Waals surface area (Å²) in [6.07, 6.45) is 5.18. The Hall–Kier alpha value is -3.55. The van der Waals surface area contributed by atoms with Crippen molar-refractivity contribution >= 4 is 33.9 Å². The minimum Gasteiger partial charge on any atom is -0.474 e. The molecule has 1 amide bonds. The quantitative estimate of drug-likeness (QED) is 0.539. The highest BCUT2D eigenvalue weighted by Gasteiger charge is 2.20. The lowest BCUT2D eigenvalue weighted by atomic mass is 10.1. The number of nitrogens with zero attached hydrogens (tertiary/aromatic N) is 4. The number of aromatic nitrogens is 3. The number of carbonyl (C=O) groups excluding carboxylic acids is 1. The fourth-order valence-electron chi connectivity index (χ4n) is 3.21. The molecule has 1 saturated heterocycles. The zero-order valence-electron chi connectivity index (χ0n) is 16.9. The average molecular weight is 436 g/mol. The third-order valence-corrected chi connectivity index (χ3v) is 5.64. The maximum atomic E-state index is 12.9. The molecule has 158 valence electrons. The van der Waals surface area contributed by atoms with Crippen molar-refractivity contribution in [1.82, 2.24) is 19.7 Å². The van der Waals surface area contributed by atoms with Crippen molar-refractivity contribution in [3.63, 3.8) is 0 Å². The molecular weight excluding hydrogens is 414 g/mol. The summed E-state index contributed by atoms with van der Waals surface area (Å²) < 4.78 is 10.2. The van der Waals surface area contributed by atoms with Gasteiger partial charge in [-0.2, -0.15) is 9.64 Å². The number of carbonyl (C=O) groups is 1. The van der Waals surface area contributed by atoms with Gasteiger partial charge in [-0.15, -0.1) is 0 Å². The van der Waals surface area contributed by atoms with Gasteiger partial charge in [0.15, 0.2) is 0 Å². The number of aryl methyl sites for hydroxylation is 1. The van der Waals surface area contributed by atoms with E-state index >= 15 is 0 Å². The van der Waals surface area contributed by atoms with Crippen molar-refractivity contribution < 1.29 is 9.53 Å². The maximum absolute atomic E-state index is 12.9. The first-order valence-electron chi connectivity index (χ1n) is 9.86. The molecule has 0 unspecified atom stereocenters. The Morgan fingerprint density at radius 1 is 1.29 bits per heavy atom. The van der Waals surface area contributed by atoms with Crippen LogP contribution in [0.25, 0.3) is 0 Å². The molecule has 0 spiro atoms. The van der Waals surface area contributed by atoms with E-state index in [2.05, 4.69) is 36.4 Å². The number of nitrogens with one attached hydrogen (secondary N) is 3. The second kappa shape index (κ2) is 9.51. The Morgan fingerprint density at radius 3 is 2.87 bits per heavy atom. The van der Waals surface area contributed by atoms with E-state index in [1.54, 1.807) is 37.4 Å². The summed E-state index contributed by atoms with van der Waals surface area (Å²) >= 11 is 1.16. The number of amides is 1. The van der Waals surface area contributed by atoms with E-state index in [9.17, 15) is 4.79 Å². The summed E-state index contributed by atoms with van der Waals surface area (Å²) in [5, 5.41) is 18.8. The number of piperidine rings is 1. The second-order valence-electron chi connectivity index (χ2n) is 7.05. The van der Waals surface area contributed by atoms with E-state index in [4.69, 9.17) is 10.00 Å². The van der Waals surface area contributed by atoms with Crippen molar-refractivity contribution in [2.45, 2.75) is 25.9 Å². The van der Waals surface area contributed by atoms with Gasteiger partial charge in [0.25, 0.3) is 5.91 Å². The summed E-state index contributed by atoms with van der Waals surface area (Å²) in [4.78, 5) is 21.4. The van der Waals surface area contributed by atoms with Crippen molar-refractivity contribution in [1.29, 1.82) is 5.26 Å². The molecule has 0 radical (unpaired) electrons. The first kappa shape index (κ1) is 20.7. The maximum Gasteiger partial charge on any atom is 0.260 e. The first-order chi connectivity index (χ1) is 15.1. The Labute approximate surface area is 183 Å². The van der Waals surface area contributed by atoms with Gasteiger partial charge in [0, 0.05) is 12.3 Å². The van der Waals surface area contributed by atoms with E-state index in [0.29, 0.717) is 39.2 Å². The number of anilines is 3. The van der Waals surface area contributed by atoms with Crippen LogP contribution in [0.3, 0.4) is 0 Å². The van der Waals surface area contributed by atoms with Gasteiger partial charge in [-0.3, -0.25) is 4.79 Å². The van der Waals surface area contributed by atoms with Gasteiger partial charge in [-0.1, -0.05) is 0 Å². The van der Waals surface area contributed by atoms with E-state index in [1.165, 1.54) is 6.20 Å². The van der Waals surface area contributed by atoms with Crippen LogP contribution in [-0.2, 0) is 0 Å². The lowest BCUT2D eigenvalue weighted by Gasteiger charge is -2.23. The Morgan fingerprint density at radius 2 is 2.13 bits per heavy atom. The summed E-state index contributed by atoms with van der Waals surface area (Å²) in [5.41, 5.74) is 2.05. The van der Waals surface area contributed by atoms with Gasteiger partial charge in [0.2, 0.25) is 5.88 Å². The normalized spacial score (nSPS) is 13.9. The molecule has 0 saturated carbocycles. The molecule has 0 atom stereocenters. The van der Waals surface area contributed by atoms with Crippen LogP contribution in [0, 0.1) is 18.3 Å². The van der Waals surface area contributed by atoms with Gasteiger partial charge in [0.1, 0.15) is 16.9 Å². The molecule has 31 heavy (non-hydrogen) atoms. The molecule has 3 aromatic rings. The number of ether oxygens (including phenoxy) is 1. The van der Waals surface area contributed by atoms with Crippen molar-refractivity contribution in [3.8, 4) is 11.9 Å². The largest absolute Gasteiger partial charge is 0.474 e. The number of pyridine rings is 2. The molecule has 9 nitrogen and oxygen atoms in total. The molecule has 0 aromatic carbocycles. The fourth-order valence-corrected chi connectivity index (χ4v) is 4.01. The van der Waals surface area contributed by atoms with Gasteiger partial charge in [-0.05, 0) is 62.6 Å². The topological polar surface area (TPSA) is 125 Å². The molecule has 10 heteroatoms. The van der Waals surface area contributed by atoms with E-state index in [1.807, 2.05) is 0 Å². The minimum absolute atomic E-state index is 0.162. The average Bonchev–Trinajstić information content (AvgIpc) is 3.16. The zero-order valence-corrected chi connectivity index (χ0v) is 17.7. The molecular formula is C21H21N7O2S. The van der Waals surface area contributed by atoms with Crippen molar-refractivity contribution in [3.05, 3.63) is 53.5 Å². The minimum atomic E-state index is -0.306. The predicted octanol–water partition coefficient (Wildman–Crippen LogP) is 3.24. The SMILES string of the molecule is Cc1nsc(Nc2cc(C#N)ccn2)c1C(=O)Nc1ccc(OC2CCNCC2)nc1. The summed E-state index contributed by atoms with van der Waals surface area (Å²) in [6.45, 7) is 3.66. The molecule has 1 aliphatic rings. The molecule has 1 fully saturated rings. The van der Waals surface area contributed by atoms with Crippen LogP contribution in [0.2, 0.25) is 0 Å². The Balaban J connectivity index is 1.43. The molecule has 4 rings (SSSR count). The number of hydrogen-bond acceptors (Lipinski definition) is 9. The summed E-state index contributed by atoms with van der Waals surface area (Å²) in [6, 6.07) is 8.82. The van der Waals surface area contributed by atoms with Crippen LogP contribution < -0.4 is 20.7 Å². The Kier molecular flexibility index (Phi) is 6.35. The third kappa shape index (κ3) is 5.14. The highest BCUT2D eigenvalue weighted by molar-refractivity contribution is 7.10. The smallest absolute Gasteiger partial charge is 0.260 e. The molecule has 3 N–H and O–H groups in total. The summed E-state index contributed by atoms with van der Waals surface area (Å²) in [5.74, 6) is 0.709. The van der Waals surface area contributed by atoms with Crippen LogP contribution in [0.5, 0.6) is 5.88 Å². The number of rotatable bonds is 6. The van der Waals surface area contributed by atoms with Gasteiger partial charge >= 0.3 is 0 Å². The highest BCUT2D eigenvalue weighted by atomic mass is 32.1. The third-order valence-electron chi connectivity index (χ3n) is 4.79. The van der Waals surface area contributed by atoms with Crippen LogP contribution in [0.4, 0.5) is 16.5 Å². The molecule has 4 heterocycles. The van der Waals surface area contributed by atoms with E-state index < -0.39 is 0 Å². The second-order valence-corrected chi connectivity index (χ2v) is 7.82.